The maximum absolute atomic E-state index is 13.1. The first-order valence-corrected chi connectivity index (χ1v) is 8.43. The van der Waals surface area contributed by atoms with Gasteiger partial charge < -0.3 is 19.9 Å². The number of halogens is 3. The molecule has 1 atom stereocenters. The highest BCUT2D eigenvalue weighted by Gasteiger charge is 2.67. The minimum atomic E-state index is -4.61. The number of nitrogens with one attached hydrogen (secondary N) is 1. The molecule has 0 aromatic heterocycles. The molecule has 1 saturated carbocycles. The third kappa shape index (κ3) is 3.43. The highest BCUT2D eigenvalue weighted by molar-refractivity contribution is 5.33. The number of hydrogen-bond acceptors (Lipinski definition) is 4. The lowest BCUT2D eigenvalue weighted by Gasteiger charge is -2.54. The van der Waals surface area contributed by atoms with Gasteiger partial charge in [-0.05, 0) is 18.4 Å². The minimum Gasteiger partial charge on any atom is -0.380 e. The molecule has 0 bridgehead atoms. The Morgan fingerprint density at radius 2 is 1.88 bits per heavy atom. The van der Waals surface area contributed by atoms with Crippen molar-refractivity contribution in [2.75, 3.05) is 33.4 Å². The van der Waals surface area contributed by atoms with Crippen molar-refractivity contribution >= 4 is 0 Å². The van der Waals surface area contributed by atoms with E-state index >= 15 is 0 Å². The van der Waals surface area contributed by atoms with Gasteiger partial charge in [0.15, 0.2) is 5.60 Å². The normalized spacial score (nSPS) is 35.6. The molecule has 140 valence electrons. The van der Waals surface area contributed by atoms with Crippen LogP contribution < -0.4 is 5.32 Å². The van der Waals surface area contributed by atoms with Gasteiger partial charge in [0.25, 0.3) is 0 Å². The molecule has 1 saturated heterocycles. The lowest BCUT2D eigenvalue weighted by atomic mass is 9.55. The summed E-state index contributed by atoms with van der Waals surface area (Å²) in [6.07, 6.45) is -4.53. The lowest BCUT2D eigenvalue weighted by molar-refractivity contribution is -0.303. The Labute approximate surface area is 145 Å². The molecule has 7 heteroatoms. The predicted molar refractivity (Wildman–Crippen MR) is 86.4 cm³/mol. The van der Waals surface area contributed by atoms with Gasteiger partial charge in [0.2, 0.25) is 0 Å². The van der Waals surface area contributed by atoms with Crippen LogP contribution in [0.4, 0.5) is 13.2 Å². The number of methoxy groups -OCH3 is 1. The van der Waals surface area contributed by atoms with Gasteiger partial charge in [-0.15, -0.1) is 0 Å². The molecule has 1 aliphatic heterocycles. The van der Waals surface area contributed by atoms with Gasteiger partial charge in [-0.3, -0.25) is 0 Å². The van der Waals surface area contributed by atoms with Crippen molar-refractivity contribution in [2.45, 2.75) is 42.1 Å². The fraction of sp³-hybridized carbons (Fsp3) is 0.667. The number of aliphatic hydroxyl groups is 1. The molecule has 4 nitrogen and oxygen atoms in total. The summed E-state index contributed by atoms with van der Waals surface area (Å²) in [6, 6.07) is 9.09. The van der Waals surface area contributed by atoms with E-state index in [2.05, 4.69) is 5.32 Å². The van der Waals surface area contributed by atoms with E-state index in [1.165, 1.54) is 0 Å². The Hall–Kier alpha value is -1.15. The van der Waals surface area contributed by atoms with Crippen molar-refractivity contribution in [3.05, 3.63) is 35.9 Å². The van der Waals surface area contributed by atoms with Crippen LogP contribution in [0.15, 0.2) is 30.3 Å². The molecule has 2 N–H and O–H groups in total. The molecule has 0 radical (unpaired) electrons. The number of benzene rings is 1. The molecule has 1 aromatic carbocycles. The molecule has 1 aromatic rings. The van der Waals surface area contributed by atoms with Crippen LogP contribution >= 0.6 is 0 Å². The molecular formula is C18H24F3NO3. The summed E-state index contributed by atoms with van der Waals surface area (Å²) in [4.78, 5) is 0. The van der Waals surface area contributed by atoms with Crippen molar-refractivity contribution in [1.29, 1.82) is 0 Å². The summed E-state index contributed by atoms with van der Waals surface area (Å²) in [6.45, 7) is 1.94. The van der Waals surface area contributed by atoms with Gasteiger partial charge in [-0.2, -0.15) is 13.2 Å². The summed E-state index contributed by atoms with van der Waals surface area (Å²) in [5.74, 6) is 0. The van der Waals surface area contributed by atoms with Crippen LogP contribution in [0.2, 0.25) is 0 Å². The number of ether oxygens (including phenoxy) is 2. The average Bonchev–Trinajstić information content (AvgIpc) is 3.02. The Balaban J connectivity index is 1.71. The second-order valence-electron chi connectivity index (χ2n) is 7.32. The zero-order valence-corrected chi connectivity index (χ0v) is 14.2. The molecular weight excluding hydrogens is 335 g/mol. The smallest absolute Gasteiger partial charge is 0.380 e. The molecule has 2 fully saturated rings. The first kappa shape index (κ1) is 18.6. The maximum Gasteiger partial charge on any atom is 0.417 e. The van der Waals surface area contributed by atoms with Crippen LogP contribution in [0.5, 0.6) is 0 Å². The fourth-order valence-corrected chi connectivity index (χ4v) is 3.98. The predicted octanol–water partition coefficient (Wildman–Crippen LogP) is 2.41. The van der Waals surface area contributed by atoms with Crippen LogP contribution in [-0.2, 0) is 14.9 Å². The summed E-state index contributed by atoms with van der Waals surface area (Å²) in [5.41, 5.74) is -2.97. The summed E-state index contributed by atoms with van der Waals surface area (Å²) in [5, 5.41) is 13.2. The lowest BCUT2D eigenvalue weighted by Crippen LogP contribution is -2.65. The Morgan fingerprint density at radius 3 is 2.40 bits per heavy atom. The summed E-state index contributed by atoms with van der Waals surface area (Å²) >= 11 is 0. The van der Waals surface area contributed by atoms with Crippen molar-refractivity contribution < 1.29 is 27.8 Å². The Morgan fingerprint density at radius 1 is 1.20 bits per heavy atom. The third-order valence-electron chi connectivity index (χ3n) is 5.59. The van der Waals surface area contributed by atoms with E-state index < -0.39 is 22.8 Å². The van der Waals surface area contributed by atoms with Crippen LogP contribution in [0.3, 0.4) is 0 Å². The van der Waals surface area contributed by atoms with E-state index in [1.807, 2.05) is 30.3 Å². The van der Waals surface area contributed by atoms with Gasteiger partial charge in [-0.1, -0.05) is 30.3 Å². The maximum atomic E-state index is 13.1. The zero-order valence-electron chi connectivity index (χ0n) is 14.2. The SMILES string of the molecule is COC1(CNCC2(c3ccccc3)CC(O)(C(F)(F)F)C2)CCOC1. The van der Waals surface area contributed by atoms with Crippen molar-refractivity contribution in [1.82, 2.24) is 5.32 Å². The van der Waals surface area contributed by atoms with Crippen molar-refractivity contribution in [3.63, 3.8) is 0 Å². The Bertz CT molecular complexity index is 579. The van der Waals surface area contributed by atoms with E-state index in [-0.39, 0.29) is 12.8 Å². The number of rotatable bonds is 6. The van der Waals surface area contributed by atoms with Gasteiger partial charge in [0, 0.05) is 38.6 Å². The van der Waals surface area contributed by atoms with Crippen molar-refractivity contribution in [2.24, 2.45) is 0 Å². The topological polar surface area (TPSA) is 50.7 Å². The first-order chi connectivity index (χ1) is 11.7. The monoisotopic (exact) mass is 359 g/mol. The van der Waals surface area contributed by atoms with E-state index in [9.17, 15) is 18.3 Å². The van der Waals surface area contributed by atoms with Gasteiger partial charge >= 0.3 is 6.18 Å². The third-order valence-corrected chi connectivity index (χ3v) is 5.59. The van der Waals surface area contributed by atoms with Gasteiger partial charge in [0.1, 0.15) is 5.60 Å². The Kier molecular flexibility index (Phi) is 4.87. The van der Waals surface area contributed by atoms with E-state index in [1.54, 1.807) is 7.11 Å². The minimum absolute atomic E-state index is 0.336. The highest BCUT2D eigenvalue weighted by Crippen LogP contribution is 2.56. The second kappa shape index (κ2) is 6.54. The quantitative estimate of drug-likeness (QED) is 0.819. The number of hydrogen-bond donors (Lipinski definition) is 2. The summed E-state index contributed by atoms with van der Waals surface area (Å²) < 4.78 is 50.3. The molecule has 0 amide bonds. The number of alkyl halides is 3. The zero-order chi connectivity index (χ0) is 18.2. The van der Waals surface area contributed by atoms with Crippen LogP contribution in [0.1, 0.15) is 24.8 Å². The molecule has 0 spiro atoms. The largest absolute Gasteiger partial charge is 0.417 e. The van der Waals surface area contributed by atoms with Crippen molar-refractivity contribution in [3.8, 4) is 0 Å². The average molecular weight is 359 g/mol. The molecule has 2 aliphatic rings. The second-order valence-corrected chi connectivity index (χ2v) is 7.32. The molecule has 3 rings (SSSR count). The molecule has 1 heterocycles. The van der Waals surface area contributed by atoms with E-state index in [0.29, 0.717) is 26.3 Å². The van der Waals surface area contributed by atoms with E-state index in [0.717, 1.165) is 12.0 Å². The van der Waals surface area contributed by atoms with E-state index in [4.69, 9.17) is 9.47 Å². The molecule has 25 heavy (non-hydrogen) atoms. The van der Waals surface area contributed by atoms with Gasteiger partial charge in [0.05, 0.1) is 6.61 Å². The standard InChI is InChI=1S/C18H24F3NO3/c1-24-16(7-8-25-13-16)12-22-11-15(14-5-3-2-4-6-14)9-17(23,10-15)18(19,20)21/h2-6,22-23H,7-13H2,1H3. The van der Waals surface area contributed by atoms with Gasteiger partial charge in [-0.25, -0.2) is 0 Å². The first-order valence-electron chi connectivity index (χ1n) is 8.43. The highest BCUT2D eigenvalue weighted by atomic mass is 19.4. The van der Waals surface area contributed by atoms with Crippen LogP contribution in [-0.4, -0.2) is 55.9 Å². The van der Waals surface area contributed by atoms with Crippen LogP contribution in [0.25, 0.3) is 0 Å². The fourth-order valence-electron chi connectivity index (χ4n) is 3.98. The summed E-state index contributed by atoms with van der Waals surface area (Å²) in [7, 11) is 1.62. The van der Waals surface area contributed by atoms with Crippen LogP contribution in [0, 0.1) is 0 Å². The molecule has 1 unspecified atom stereocenters. The molecule has 1 aliphatic carbocycles.